The molecule has 1 N–H and O–H groups in total. The molecule has 0 aliphatic carbocycles. The van der Waals surface area contributed by atoms with Crippen LogP contribution in [-0.4, -0.2) is 27.0 Å². The average Bonchev–Trinajstić information content (AvgIpc) is 2.16. The van der Waals surface area contributed by atoms with E-state index in [-0.39, 0.29) is 17.9 Å². The van der Waals surface area contributed by atoms with E-state index in [2.05, 4.69) is 5.32 Å². The van der Waals surface area contributed by atoms with Crippen LogP contribution in [0.3, 0.4) is 0 Å². The first-order valence-electron chi connectivity index (χ1n) is 4.54. The molecule has 0 amide bonds. The van der Waals surface area contributed by atoms with Gasteiger partial charge in [-0.05, 0) is 12.1 Å². The molecule has 0 atom stereocenters. The lowest BCUT2D eigenvalue weighted by atomic mass is 10.2. The van der Waals surface area contributed by atoms with E-state index in [0.717, 1.165) is 6.26 Å². The number of nitrogens with zero attached hydrogens (tertiary/aromatic N) is 1. The van der Waals surface area contributed by atoms with Gasteiger partial charge in [-0.15, -0.1) is 0 Å². The van der Waals surface area contributed by atoms with Crippen molar-refractivity contribution < 1.29 is 12.8 Å². The summed E-state index contributed by atoms with van der Waals surface area (Å²) in [6.07, 6.45) is 1.12. The number of hydrogen-bond acceptors (Lipinski definition) is 4. The fraction of sp³-hybridized carbons (Fsp3) is 0.300. The molecule has 1 aromatic rings. The predicted octanol–water partition coefficient (Wildman–Crippen LogP) is 1.15. The Labute approximate surface area is 93.6 Å². The van der Waals surface area contributed by atoms with E-state index in [1.54, 1.807) is 6.07 Å². The molecule has 0 heterocycles. The number of anilines is 1. The van der Waals surface area contributed by atoms with Gasteiger partial charge in [-0.25, -0.2) is 12.8 Å². The summed E-state index contributed by atoms with van der Waals surface area (Å²) in [6, 6.07) is 5.89. The van der Waals surface area contributed by atoms with Crippen LogP contribution in [0.2, 0.25) is 0 Å². The Balaban J connectivity index is 2.76. The number of sulfone groups is 1. The highest BCUT2D eigenvalue weighted by atomic mass is 32.2. The lowest BCUT2D eigenvalue weighted by molar-refractivity contribution is 0.602. The maximum absolute atomic E-state index is 13.1. The minimum Gasteiger partial charge on any atom is -0.383 e. The van der Waals surface area contributed by atoms with Crippen molar-refractivity contribution in [1.29, 1.82) is 5.26 Å². The third-order valence-corrected chi connectivity index (χ3v) is 2.86. The zero-order valence-electron chi connectivity index (χ0n) is 8.70. The van der Waals surface area contributed by atoms with Gasteiger partial charge < -0.3 is 5.32 Å². The largest absolute Gasteiger partial charge is 0.383 e. The molecule has 1 aromatic carbocycles. The molecule has 0 aliphatic heterocycles. The molecule has 6 heteroatoms. The van der Waals surface area contributed by atoms with Gasteiger partial charge in [-0.3, -0.25) is 0 Å². The van der Waals surface area contributed by atoms with Crippen molar-refractivity contribution in [2.24, 2.45) is 0 Å². The number of nitriles is 1. The Kier molecular flexibility index (Phi) is 3.85. The number of hydrogen-bond donors (Lipinski definition) is 1. The maximum atomic E-state index is 13.1. The van der Waals surface area contributed by atoms with Crippen LogP contribution in [0, 0.1) is 17.1 Å². The Morgan fingerprint density at radius 2 is 2.19 bits per heavy atom. The minimum atomic E-state index is -3.06. The molecule has 0 spiro atoms. The molecular formula is C10H11FN2O2S. The normalized spacial score (nSPS) is 10.8. The Bertz CT molecular complexity index is 520. The zero-order valence-corrected chi connectivity index (χ0v) is 9.51. The Hall–Kier alpha value is -1.61. The third-order valence-electron chi connectivity index (χ3n) is 1.91. The van der Waals surface area contributed by atoms with Crippen LogP contribution in [0.25, 0.3) is 0 Å². The number of rotatable bonds is 4. The topological polar surface area (TPSA) is 70.0 Å². The SMILES string of the molecule is CS(=O)(=O)CCNc1cccc(F)c1C#N. The molecule has 0 fully saturated rings. The monoisotopic (exact) mass is 242 g/mol. The molecule has 16 heavy (non-hydrogen) atoms. The second-order valence-electron chi connectivity index (χ2n) is 3.33. The van der Waals surface area contributed by atoms with Crippen molar-refractivity contribution in [1.82, 2.24) is 0 Å². The summed E-state index contributed by atoms with van der Waals surface area (Å²) in [5.41, 5.74) is 0.210. The van der Waals surface area contributed by atoms with Gasteiger partial charge in [0, 0.05) is 12.8 Å². The summed E-state index contributed by atoms with van der Waals surface area (Å²) in [4.78, 5) is 0. The second-order valence-corrected chi connectivity index (χ2v) is 5.59. The van der Waals surface area contributed by atoms with Crippen LogP contribution in [0.15, 0.2) is 18.2 Å². The molecule has 0 bridgehead atoms. The first-order chi connectivity index (χ1) is 7.44. The van der Waals surface area contributed by atoms with Crippen LogP contribution in [-0.2, 0) is 9.84 Å². The quantitative estimate of drug-likeness (QED) is 0.860. The molecule has 0 aliphatic rings. The number of nitrogens with one attached hydrogen (secondary N) is 1. The molecule has 0 saturated heterocycles. The van der Waals surface area contributed by atoms with Crippen molar-refractivity contribution >= 4 is 15.5 Å². The molecule has 4 nitrogen and oxygen atoms in total. The van der Waals surface area contributed by atoms with Gasteiger partial charge in [0.05, 0.1) is 11.4 Å². The highest BCUT2D eigenvalue weighted by molar-refractivity contribution is 7.90. The van der Waals surface area contributed by atoms with Crippen LogP contribution >= 0.6 is 0 Å². The summed E-state index contributed by atoms with van der Waals surface area (Å²) in [5, 5.41) is 11.4. The summed E-state index contributed by atoms with van der Waals surface area (Å²) in [5.74, 6) is -0.680. The van der Waals surface area contributed by atoms with E-state index in [0.29, 0.717) is 5.69 Å². The molecule has 86 valence electrons. The molecular weight excluding hydrogens is 231 g/mol. The van der Waals surface area contributed by atoms with Gasteiger partial charge >= 0.3 is 0 Å². The first-order valence-corrected chi connectivity index (χ1v) is 6.60. The van der Waals surface area contributed by atoms with Crippen molar-refractivity contribution in [2.75, 3.05) is 23.9 Å². The van der Waals surface area contributed by atoms with E-state index < -0.39 is 15.7 Å². The fourth-order valence-electron chi connectivity index (χ4n) is 1.16. The Morgan fingerprint density at radius 1 is 1.50 bits per heavy atom. The van der Waals surface area contributed by atoms with E-state index >= 15 is 0 Å². The summed E-state index contributed by atoms with van der Waals surface area (Å²) in [6.45, 7) is 0.150. The smallest absolute Gasteiger partial charge is 0.149 e. The summed E-state index contributed by atoms with van der Waals surface area (Å²) in [7, 11) is -3.06. The van der Waals surface area contributed by atoms with Crippen molar-refractivity contribution in [3.8, 4) is 6.07 Å². The van der Waals surface area contributed by atoms with E-state index in [1.165, 1.54) is 18.2 Å². The van der Waals surface area contributed by atoms with E-state index in [9.17, 15) is 12.8 Å². The minimum absolute atomic E-state index is 0.0611. The van der Waals surface area contributed by atoms with Crippen molar-refractivity contribution in [3.05, 3.63) is 29.6 Å². The molecule has 0 radical (unpaired) electrons. The standard InChI is InChI=1S/C10H11FN2O2S/c1-16(14,15)6-5-13-10-4-2-3-9(11)8(10)7-12/h2-4,13H,5-6H2,1H3. The number of benzene rings is 1. The van der Waals surface area contributed by atoms with Crippen molar-refractivity contribution in [3.63, 3.8) is 0 Å². The van der Waals surface area contributed by atoms with Gasteiger partial charge in [0.2, 0.25) is 0 Å². The van der Waals surface area contributed by atoms with Gasteiger partial charge in [-0.2, -0.15) is 5.26 Å². The van der Waals surface area contributed by atoms with Crippen LogP contribution in [0.4, 0.5) is 10.1 Å². The molecule has 0 aromatic heterocycles. The molecule has 0 saturated carbocycles. The van der Waals surface area contributed by atoms with Gasteiger partial charge in [-0.1, -0.05) is 6.07 Å². The summed E-state index contributed by atoms with van der Waals surface area (Å²) >= 11 is 0. The fourth-order valence-corrected chi connectivity index (χ4v) is 1.63. The van der Waals surface area contributed by atoms with Crippen LogP contribution < -0.4 is 5.32 Å². The van der Waals surface area contributed by atoms with Gasteiger partial charge in [0.25, 0.3) is 0 Å². The summed E-state index contributed by atoms with van der Waals surface area (Å²) < 4.78 is 34.9. The second kappa shape index (κ2) is 4.94. The highest BCUT2D eigenvalue weighted by Gasteiger charge is 2.08. The molecule has 0 unspecified atom stereocenters. The molecule has 1 rings (SSSR count). The number of halogens is 1. The van der Waals surface area contributed by atoms with E-state index in [4.69, 9.17) is 5.26 Å². The zero-order chi connectivity index (χ0) is 12.2. The van der Waals surface area contributed by atoms with Gasteiger partial charge in [0.1, 0.15) is 27.3 Å². The third kappa shape index (κ3) is 3.51. The first kappa shape index (κ1) is 12.5. The average molecular weight is 242 g/mol. The lowest BCUT2D eigenvalue weighted by Gasteiger charge is -2.07. The Morgan fingerprint density at radius 3 is 2.75 bits per heavy atom. The lowest BCUT2D eigenvalue weighted by Crippen LogP contribution is -2.14. The van der Waals surface area contributed by atoms with Gasteiger partial charge in [0.15, 0.2) is 0 Å². The van der Waals surface area contributed by atoms with Crippen LogP contribution in [0.1, 0.15) is 5.56 Å². The van der Waals surface area contributed by atoms with Crippen molar-refractivity contribution in [2.45, 2.75) is 0 Å². The highest BCUT2D eigenvalue weighted by Crippen LogP contribution is 2.17. The van der Waals surface area contributed by atoms with Crippen LogP contribution in [0.5, 0.6) is 0 Å². The maximum Gasteiger partial charge on any atom is 0.149 e. The predicted molar refractivity (Wildman–Crippen MR) is 59.3 cm³/mol. The van der Waals surface area contributed by atoms with E-state index in [1.807, 2.05) is 0 Å².